The van der Waals surface area contributed by atoms with Gasteiger partial charge >= 0.3 is 0 Å². The Bertz CT molecular complexity index is 608. The molecule has 5 nitrogen and oxygen atoms in total. The van der Waals surface area contributed by atoms with E-state index in [9.17, 15) is 0 Å². The summed E-state index contributed by atoms with van der Waals surface area (Å²) in [4.78, 5) is 4.47. The first-order valence-electron chi connectivity index (χ1n) is 6.99. The zero-order valence-electron chi connectivity index (χ0n) is 12.6. The fourth-order valence-electron chi connectivity index (χ4n) is 1.98. The van der Waals surface area contributed by atoms with Crippen LogP contribution < -0.4 is 10.6 Å². The van der Waals surface area contributed by atoms with Crippen LogP contribution in [0.15, 0.2) is 18.5 Å². The molecule has 0 saturated heterocycles. The Morgan fingerprint density at radius 1 is 1.43 bits per heavy atom. The number of nitrogens with one attached hydrogen (secondary N) is 2. The third kappa shape index (κ3) is 4.31. The average molecular weight is 323 g/mol. The Hall–Kier alpha value is -1.34. The molecule has 0 fully saturated rings. The van der Waals surface area contributed by atoms with E-state index in [0.29, 0.717) is 11.2 Å². The van der Waals surface area contributed by atoms with Crippen LogP contribution in [0.3, 0.4) is 0 Å². The molecule has 0 aliphatic rings. The average Bonchev–Trinajstić information content (AvgIpc) is 2.87. The summed E-state index contributed by atoms with van der Waals surface area (Å²) in [5.41, 5.74) is 1.78. The number of thiocarbonyl (C=S) groups is 1. The van der Waals surface area contributed by atoms with Gasteiger partial charge in [-0.05, 0) is 50.6 Å². The molecule has 114 valence electrons. The van der Waals surface area contributed by atoms with Crippen molar-refractivity contribution in [2.24, 2.45) is 0 Å². The molecule has 0 saturated carbocycles. The molecule has 2 heterocycles. The van der Waals surface area contributed by atoms with Crippen LogP contribution in [0.2, 0.25) is 0 Å². The van der Waals surface area contributed by atoms with Crippen molar-refractivity contribution < 1.29 is 0 Å². The lowest BCUT2D eigenvalue weighted by Gasteiger charge is -2.10. The Morgan fingerprint density at radius 3 is 2.95 bits per heavy atom. The molecule has 2 aromatic rings. The summed E-state index contributed by atoms with van der Waals surface area (Å²) >= 11 is 7.12. The van der Waals surface area contributed by atoms with Crippen molar-refractivity contribution in [1.82, 2.24) is 20.1 Å². The van der Waals surface area contributed by atoms with Crippen LogP contribution in [-0.4, -0.2) is 38.4 Å². The van der Waals surface area contributed by atoms with Crippen LogP contribution in [0.1, 0.15) is 26.3 Å². The maximum absolute atomic E-state index is 5.28. The van der Waals surface area contributed by atoms with Gasteiger partial charge in [-0.25, -0.2) is 9.67 Å². The summed E-state index contributed by atoms with van der Waals surface area (Å²) in [5, 5.41) is 12.4. The van der Waals surface area contributed by atoms with Crippen molar-refractivity contribution in [2.45, 2.75) is 26.3 Å². The zero-order chi connectivity index (χ0) is 15.2. The van der Waals surface area contributed by atoms with Crippen molar-refractivity contribution in [2.75, 3.05) is 23.9 Å². The number of rotatable bonds is 6. The van der Waals surface area contributed by atoms with E-state index in [1.165, 1.54) is 0 Å². The molecule has 7 heteroatoms. The Labute approximate surface area is 134 Å². The van der Waals surface area contributed by atoms with Crippen LogP contribution in [0, 0.1) is 0 Å². The van der Waals surface area contributed by atoms with Crippen LogP contribution in [-0.2, 0) is 0 Å². The summed E-state index contributed by atoms with van der Waals surface area (Å²) in [7, 11) is 0. The van der Waals surface area contributed by atoms with Gasteiger partial charge in [-0.2, -0.15) is 16.9 Å². The first kappa shape index (κ1) is 16.0. The largest absolute Gasteiger partial charge is 0.362 e. The molecule has 0 atom stereocenters. The molecule has 0 unspecified atom stereocenters. The molecular weight excluding hydrogens is 302 g/mol. The number of hydrogen-bond acceptors (Lipinski definition) is 4. The fraction of sp³-hybridized carbons (Fsp3) is 0.500. The molecule has 2 rings (SSSR count). The molecule has 0 aliphatic heterocycles. The third-order valence-corrected chi connectivity index (χ3v) is 3.93. The summed E-state index contributed by atoms with van der Waals surface area (Å²) in [6, 6.07) is 2.32. The number of aromatic nitrogens is 3. The van der Waals surface area contributed by atoms with E-state index in [1.807, 2.05) is 28.7 Å². The molecule has 0 spiro atoms. The lowest BCUT2D eigenvalue weighted by Crippen LogP contribution is -2.29. The Morgan fingerprint density at radius 2 is 2.24 bits per heavy atom. The maximum Gasteiger partial charge on any atom is 0.170 e. The van der Waals surface area contributed by atoms with Gasteiger partial charge < -0.3 is 10.6 Å². The predicted molar refractivity (Wildman–Crippen MR) is 95.1 cm³/mol. The van der Waals surface area contributed by atoms with E-state index >= 15 is 0 Å². The van der Waals surface area contributed by atoms with E-state index in [1.54, 1.807) is 6.20 Å². The summed E-state index contributed by atoms with van der Waals surface area (Å²) in [6.45, 7) is 5.06. The smallest absolute Gasteiger partial charge is 0.170 e. The molecule has 0 aromatic carbocycles. The first-order valence-corrected chi connectivity index (χ1v) is 8.79. The second kappa shape index (κ2) is 7.61. The van der Waals surface area contributed by atoms with Crippen molar-refractivity contribution in [3.8, 4) is 0 Å². The lowest BCUT2D eigenvalue weighted by atomic mass is 10.3. The first-order chi connectivity index (χ1) is 10.1. The lowest BCUT2D eigenvalue weighted by molar-refractivity contribution is 0.546. The Kier molecular flexibility index (Phi) is 5.81. The zero-order valence-corrected chi connectivity index (χ0v) is 14.2. The third-order valence-electron chi connectivity index (χ3n) is 2.99. The molecule has 2 aromatic heterocycles. The number of hydrogen-bond donors (Lipinski definition) is 2. The second-order valence-corrected chi connectivity index (χ2v) is 6.44. The van der Waals surface area contributed by atoms with Crippen molar-refractivity contribution in [3.63, 3.8) is 0 Å². The Balaban J connectivity index is 1.98. The quantitative estimate of drug-likeness (QED) is 0.629. The second-order valence-electron chi connectivity index (χ2n) is 5.05. The monoisotopic (exact) mass is 323 g/mol. The number of anilines is 1. The molecular formula is C14H21N5S2. The van der Waals surface area contributed by atoms with Gasteiger partial charge in [0.15, 0.2) is 10.8 Å². The van der Waals surface area contributed by atoms with Crippen LogP contribution >= 0.6 is 24.0 Å². The van der Waals surface area contributed by atoms with Gasteiger partial charge in [0.25, 0.3) is 0 Å². The maximum atomic E-state index is 5.28. The topological polar surface area (TPSA) is 54.8 Å². The standard InChI is InChI=1S/C14H21N5S2/c1-10(2)19-13-11(8-17-19)7-12(9-16-13)18-14(20)15-5-4-6-21-3/h7-10H,4-6H2,1-3H3,(H2,15,18,20). The summed E-state index contributed by atoms with van der Waals surface area (Å²) in [6.07, 6.45) is 6.83. The van der Waals surface area contributed by atoms with Crippen molar-refractivity contribution in [3.05, 3.63) is 18.5 Å². The van der Waals surface area contributed by atoms with Gasteiger partial charge in [0.1, 0.15) is 0 Å². The SMILES string of the molecule is CSCCCNC(=S)Nc1cnc2c(cnn2C(C)C)c1. The highest BCUT2D eigenvalue weighted by molar-refractivity contribution is 7.98. The van der Waals surface area contributed by atoms with Gasteiger partial charge in [0.05, 0.1) is 18.1 Å². The number of pyridine rings is 1. The summed E-state index contributed by atoms with van der Waals surface area (Å²) in [5.74, 6) is 1.14. The fourth-order valence-corrected chi connectivity index (χ4v) is 2.63. The van der Waals surface area contributed by atoms with Gasteiger partial charge in [-0.1, -0.05) is 0 Å². The van der Waals surface area contributed by atoms with Crippen molar-refractivity contribution in [1.29, 1.82) is 0 Å². The minimum absolute atomic E-state index is 0.299. The number of fused-ring (bicyclic) bond motifs is 1. The van der Waals surface area contributed by atoms with Gasteiger partial charge in [0, 0.05) is 18.0 Å². The van der Waals surface area contributed by atoms with Gasteiger partial charge in [-0.15, -0.1) is 0 Å². The van der Waals surface area contributed by atoms with E-state index in [0.717, 1.165) is 35.4 Å². The molecule has 0 aliphatic carbocycles. The molecule has 0 amide bonds. The van der Waals surface area contributed by atoms with Crippen LogP contribution in [0.5, 0.6) is 0 Å². The van der Waals surface area contributed by atoms with Gasteiger partial charge in [0.2, 0.25) is 0 Å². The highest BCUT2D eigenvalue weighted by Crippen LogP contribution is 2.18. The highest BCUT2D eigenvalue weighted by atomic mass is 32.2. The predicted octanol–water partition coefficient (Wildman–Crippen LogP) is 3.05. The summed E-state index contributed by atoms with van der Waals surface area (Å²) < 4.78 is 1.91. The molecule has 2 N–H and O–H groups in total. The molecule has 0 radical (unpaired) electrons. The van der Waals surface area contributed by atoms with E-state index in [2.05, 4.69) is 40.8 Å². The minimum Gasteiger partial charge on any atom is -0.362 e. The van der Waals surface area contributed by atoms with Gasteiger partial charge in [-0.3, -0.25) is 0 Å². The van der Waals surface area contributed by atoms with E-state index in [4.69, 9.17) is 12.2 Å². The molecule has 0 bridgehead atoms. The number of nitrogens with zero attached hydrogens (tertiary/aromatic N) is 3. The minimum atomic E-state index is 0.299. The number of thioether (sulfide) groups is 1. The van der Waals surface area contributed by atoms with Crippen LogP contribution in [0.4, 0.5) is 5.69 Å². The molecule has 21 heavy (non-hydrogen) atoms. The highest BCUT2D eigenvalue weighted by Gasteiger charge is 2.08. The normalized spacial score (nSPS) is 11.0. The van der Waals surface area contributed by atoms with Crippen LogP contribution in [0.25, 0.3) is 11.0 Å². The van der Waals surface area contributed by atoms with E-state index < -0.39 is 0 Å². The van der Waals surface area contributed by atoms with Crippen molar-refractivity contribution >= 4 is 45.8 Å². The van der Waals surface area contributed by atoms with E-state index in [-0.39, 0.29) is 0 Å².